The summed E-state index contributed by atoms with van der Waals surface area (Å²) in [4.78, 5) is 23.0. The number of aryl methyl sites for hydroxylation is 1. The van der Waals surface area contributed by atoms with Crippen LogP contribution in [0.25, 0.3) is 0 Å². The number of anilines is 1. The molecule has 2 N–H and O–H groups in total. The Kier molecular flexibility index (Phi) is 5.92. The molecule has 120 valence electrons. The van der Waals surface area contributed by atoms with Gasteiger partial charge in [0.15, 0.2) is 5.78 Å². The number of nitrogens with one attached hydrogen (secondary N) is 2. The van der Waals surface area contributed by atoms with Gasteiger partial charge in [-0.15, -0.1) is 0 Å². The number of ketones is 1. The molecule has 4 nitrogen and oxygen atoms in total. The summed E-state index contributed by atoms with van der Waals surface area (Å²) in [6.07, 6.45) is 0.403. The lowest BCUT2D eigenvalue weighted by molar-refractivity contribution is -0.121. The monoisotopic (exact) mass is 310 g/mol. The molecule has 2 aromatic carbocycles. The molecule has 2 rings (SSSR count). The van der Waals surface area contributed by atoms with Crippen molar-refractivity contribution < 1.29 is 9.59 Å². The first kappa shape index (κ1) is 16.7. The lowest BCUT2D eigenvalue weighted by atomic mass is 10.1. The summed E-state index contributed by atoms with van der Waals surface area (Å²) in [6, 6.07) is 15.4. The van der Waals surface area contributed by atoms with E-state index in [1.165, 1.54) is 5.56 Å². The maximum Gasteiger partial charge on any atom is 0.222 e. The highest BCUT2D eigenvalue weighted by Gasteiger charge is 2.02. The van der Waals surface area contributed by atoms with Gasteiger partial charge in [-0.1, -0.05) is 29.8 Å². The van der Waals surface area contributed by atoms with Crippen molar-refractivity contribution in [2.24, 2.45) is 0 Å². The van der Waals surface area contributed by atoms with E-state index in [1.807, 2.05) is 43.3 Å². The first-order valence-corrected chi connectivity index (χ1v) is 7.72. The summed E-state index contributed by atoms with van der Waals surface area (Å²) in [7, 11) is 0. The number of carbonyl (C=O) groups excluding carboxylic acids is 2. The number of carbonyl (C=O) groups is 2. The normalized spacial score (nSPS) is 10.2. The summed E-state index contributed by atoms with van der Waals surface area (Å²) < 4.78 is 0. The van der Waals surface area contributed by atoms with Crippen molar-refractivity contribution in [2.75, 3.05) is 11.9 Å². The topological polar surface area (TPSA) is 58.2 Å². The number of hydrogen-bond donors (Lipinski definition) is 2. The smallest absolute Gasteiger partial charge is 0.222 e. The molecule has 23 heavy (non-hydrogen) atoms. The third-order valence-corrected chi connectivity index (χ3v) is 3.58. The Morgan fingerprint density at radius 1 is 0.957 bits per heavy atom. The molecule has 0 unspecified atom stereocenters. The minimum Gasteiger partial charge on any atom is -0.385 e. The molecule has 0 saturated heterocycles. The predicted molar refractivity (Wildman–Crippen MR) is 92.6 cm³/mol. The fourth-order valence-electron chi connectivity index (χ4n) is 2.14. The third kappa shape index (κ3) is 5.58. The van der Waals surface area contributed by atoms with Crippen LogP contribution in [0, 0.1) is 6.92 Å². The molecule has 0 aliphatic rings. The number of hydrogen-bond acceptors (Lipinski definition) is 3. The van der Waals surface area contributed by atoms with Gasteiger partial charge in [0.05, 0.1) is 0 Å². The van der Waals surface area contributed by atoms with Crippen LogP contribution >= 0.6 is 0 Å². The Balaban J connectivity index is 1.70. The second kappa shape index (κ2) is 8.13. The zero-order chi connectivity index (χ0) is 16.7. The average molecular weight is 310 g/mol. The van der Waals surface area contributed by atoms with E-state index in [1.54, 1.807) is 19.1 Å². The van der Waals surface area contributed by atoms with E-state index in [9.17, 15) is 9.59 Å². The Morgan fingerprint density at radius 3 is 2.22 bits per heavy atom. The number of benzene rings is 2. The van der Waals surface area contributed by atoms with Crippen LogP contribution in [0.2, 0.25) is 0 Å². The number of amides is 1. The largest absolute Gasteiger partial charge is 0.385 e. The van der Waals surface area contributed by atoms with Gasteiger partial charge in [-0.3, -0.25) is 9.59 Å². The zero-order valence-electron chi connectivity index (χ0n) is 13.6. The van der Waals surface area contributed by atoms with Gasteiger partial charge in [0.2, 0.25) is 5.91 Å². The quantitative estimate of drug-likeness (QED) is 0.771. The van der Waals surface area contributed by atoms with E-state index < -0.39 is 0 Å². The molecule has 0 fully saturated rings. The molecule has 0 aliphatic carbocycles. The second-order valence-electron chi connectivity index (χ2n) is 5.57. The predicted octanol–water partition coefficient (Wildman–Crippen LogP) is 3.32. The highest BCUT2D eigenvalue weighted by Crippen LogP contribution is 2.10. The van der Waals surface area contributed by atoms with Gasteiger partial charge >= 0.3 is 0 Å². The van der Waals surface area contributed by atoms with Crippen molar-refractivity contribution >= 4 is 17.4 Å². The molecule has 2 aromatic rings. The van der Waals surface area contributed by atoms with Gasteiger partial charge in [0.1, 0.15) is 0 Å². The fraction of sp³-hybridized carbons (Fsp3) is 0.263. The summed E-state index contributed by atoms with van der Waals surface area (Å²) in [5, 5.41) is 6.08. The first-order chi connectivity index (χ1) is 11.0. The van der Waals surface area contributed by atoms with Crippen molar-refractivity contribution in [1.82, 2.24) is 5.32 Å². The molecule has 0 aromatic heterocycles. The molecule has 0 radical (unpaired) electrons. The Hall–Kier alpha value is -2.62. The van der Waals surface area contributed by atoms with E-state index in [0.717, 1.165) is 11.3 Å². The van der Waals surface area contributed by atoms with Crippen LogP contribution < -0.4 is 10.6 Å². The van der Waals surface area contributed by atoms with Gasteiger partial charge in [-0.05, 0) is 43.7 Å². The lowest BCUT2D eigenvalue weighted by Crippen LogP contribution is -2.24. The third-order valence-electron chi connectivity index (χ3n) is 3.58. The Bertz CT molecular complexity index is 661. The highest BCUT2D eigenvalue weighted by atomic mass is 16.1. The fourth-order valence-corrected chi connectivity index (χ4v) is 2.14. The molecular weight excluding hydrogens is 288 g/mol. The summed E-state index contributed by atoms with van der Waals surface area (Å²) >= 11 is 0. The molecule has 0 aliphatic heterocycles. The van der Waals surface area contributed by atoms with E-state index in [0.29, 0.717) is 25.1 Å². The second-order valence-corrected chi connectivity index (χ2v) is 5.57. The van der Waals surface area contributed by atoms with Crippen LogP contribution in [0.1, 0.15) is 34.8 Å². The van der Waals surface area contributed by atoms with E-state index >= 15 is 0 Å². The molecule has 4 heteroatoms. The van der Waals surface area contributed by atoms with Crippen molar-refractivity contribution in [2.45, 2.75) is 26.8 Å². The van der Waals surface area contributed by atoms with Crippen LogP contribution in [0.5, 0.6) is 0 Å². The van der Waals surface area contributed by atoms with E-state index in [4.69, 9.17) is 0 Å². The summed E-state index contributed by atoms with van der Waals surface area (Å²) in [5.41, 5.74) is 3.89. The van der Waals surface area contributed by atoms with Gasteiger partial charge in [0.25, 0.3) is 0 Å². The van der Waals surface area contributed by atoms with Crippen molar-refractivity contribution in [3.63, 3.8) is 0 Å². The Morgan fingerprint density at radius 2 is 1.61 bits per heavy atom. The SMILES string of the molecule is CC(=O)c1ccc(NCCC(=O)NCc2ccc(C)cc2)cc1. The van der Waals surface area contributed by atoms with Gasteiger partial charge in [-0.25, -0.2) is 0 Å². The lowest BCUT2D eigenvalue weighted by Gasteiger charge is -2.08. The van der Waals surface area contributed by atoms with Gasteiger partial charge in [-0.2, -0.15) is 0 Å². The first-order valence-electron chi connectivity index (χ1n) is 7.72. The van der Waals surface area contributed by atoms with E-state index in [-0.39, 0.29) is 11.7 Å². The van der Waals surface area contributed by atoms with Crippen LogP contribution in [0.4, 0.5) is 5.69 Å². The molecular formula is C19H22N2O2. The minimum absolute atomic E-state index is 0.0124. The van der Waals surface area contributed by atoms with Gasteiger partial charge in [0, 0.05) is 30.8 Å². The van der Waals surface area contributed by atoms with Crippen LogP contribution in [0.15, 0.2) is 48.5 Å². The summed E-state index contributed by atoms with van der Waals surface area (Å²) in [6.45, 7) is 4.68. The van der Waals surface area contributed by atoms with Crippen molar-refractivity contribution in [1.29, 1.82) is 0 Å². The molecule has 1 amide bonds. The highest BCUT2D eigenvalue weighted by molar-refractivity contribution is 5.94. The number of rotatable bonds is 7. The standard InChI is InChI=1S/C19H22N2O2/c1-14-3-5-16(6-4-14)13-21-19(23)11-12-20-18-9-7-17(8-10-18)15(2)22/h3-10,20H,11-13H2,1-2H3,(H,21,23). The molecule has 0 spiro atoms. The zero-order valence-corrected chi connectivity index (χ0v) is 13.6. The van der Waals surface area contributed by atoms with Crippen molar-refractivity contribution in [3.05, 3.63) is 65.2 Å². The van der Waals surface area contributed by atoms with Gasteiger partial charge < -0.3 is 10.6 Å². The maximum absolute atomic E-state index is 11.8. The maximum atomic E-state index is 11.8. The van der Waals surface area contributed by atoms with E-state index in [2.05, 4.69) is 10.6 Å². The average Bonchev–Trinajstić information content (AvgIpc) is 2.55. The molecule has 0 heterocycles. The van der Waals surface area contributed by atoms with Crippen molar-refractivity contribution in [3.8, 4) is 0 Å². The van der Waals surface area contributed by atoms with Crippen LogP contribution in [-0.2, 0) is 11.3 Å². The molecule has 0 bridgehead atoms. The summed E-state index contributed by atoms with van der Waals surface area (Å²) in [5.74, 6) is 0.0606. The molecule has 0 atom stereocenters. The minimum atomic E-state index is 0.0124. The van der Waals surface area contributed by atoms with Crippen LogP contribution in [0.3, 0.4) is 0 Å². The molecule has 0 saturated carbocycles. The van der Waals surface area contributed by atoms with Crippen LogP contribution in [-0.4, -0.2) is 18.2 Å². The number of Topliss-reactive ketones (excluding diaryl/α,β-unsaturated/α-hetero) is 1. The Labute approximate surface area is 136 Å².